The smallest absolute Gasteiger partial charge is 0.247 e. The first-order valence-corrected chi connectivity index (χ1v) is 13.4. The molecule has 4 N–H and O–H groups in total. The van der Waals surface area contributed by atoms with E-state index in [0.717, 1.165) is 13.1 Å². The van der Waals surface area contributed by atoms with Gasteiger partial charge in [0.05, 0.1) is 45.5 Å². The number of aliphatic hydroxyl groups excluding tert-OH is 3. The molecule has 1 aliphatic carbocycles. The Morgan fingerprint density at radius 2 is 2.05 bits per heavy atom. The molecule has 214 valence electrons. The van der Waals surface area contributed by atoms with Gasteiger partial charge >= 0.3 is 0 Å². The monoisotopic (exact) mass is 545 g/mol. The Morgan fingerprint density at radius 3 is 2.72 bits per heavy atom. The average Bonchev–Trinajstić information content (AvgIpc) is 3.35. The van der Waals surface area contributed by atoms with E-state index < -0.39 is 30.1 Å². The third kappa shape index (κ3) is 6.28. The van der Waals surface area contributed by atoms with Crippen molar-refractivity contribution in [2.45, 2.75) is 43.6 Å². The number of fused-ring (bicyclic) bond motifs is 3. The molecule has 2 aliphatic heterocycles. The molecule has 0 saturated carbocycles. The summed E-state index contributed by atoms with van der Waals surface area (Å²) in [5.74, 6) is -0.464. The van der Waals surface area contributed by atoms with Crippen LogP contribution in [0.4, 0.5) is 0 Å². The molecular weight excluding hydrogens is 506 g/mol. The van der Waals surface area contributed by atoms with E-state index >= 15 is 0 Å². The topological polar surface area (TPSA) is 141 Å². The maximum atomic E-state index is 13.4. The first-order valence-electron chi connectivity index (χ1n) is 13.4. The summed E-state index contributed by atoms with van der Waals surface area (Å²) in [4.78, 5) is 30.7. The van der Waals surface area contributed by atoms with E-state index in [1.165, 1.54) is 7.11 Å². The van der Waals surface area contributed by atoms with Crippen molar-refractivity contribution in [3.63, 3.8) is 0 Å². The molecule has 1 aromatic rings. The molecule has 0 spiro atoms. The van der Waals surface area contributed by atoms with E-state index in [9.17, 15) is 24.9 Å². The van der Waals surface area contributed by atoms with Crippen LogP contribution in [0.3, 0.4) is 0 Å². The van der Waals surface area contributed by atoms with Crippen LogP contribution in [0.25, 0.3) is 0 Å². The van der Waals surface area contributed by atoms with E-state index in [4.69, 9.17) is 14.2 Å². The number of methoxy groups -OCH3 is 1. The number of nitrogens with one attached hydrogen (secondary N) is 1. The number of ether oxygens (including phenoxy) is 3. The van der Waals surface area contributed by atoms with Crippen LogP contribution in [0.5, 0.6) is 11.5 Å². The van der Waals surface area contributed by atoms with Gasteiger partial charge in [-0.15, -0.1) is 6.58 Å². The molecule has 2 heterocycles. The van der Waals surface area contributed by atoms with Gasteiger partial charge < -0.3 is 39.7 Å². The van der Waals surface area contributed by atoms with Gasteiger partial charge in [-0.1, -0.05) is 6.08 Å². The Bertz CT molecular complexity index is 1070. The molecule has 1 aromatic carbocycles. The van der Waals surface area contributed by atoms with Crippen molar-refractivity contribution in [1.82, 2.24) is 15.1 Å². The lowest BCUT2D eigenvalue weighted by atomic mass is 9.77. The molecule has 0 aromatic heterocycles. The highest BCUT2D eigenvalue weighted by atomic mass is 16.5. The minimum atomic E-state index is -1.14. The summed E-state index contributed by atoms with van der Waals surface area (Å²) >= 11 is 0. The minimum absolute atomic E-state index is 0.0491. The van der Waals surface area contributed by atoms with Gasteiger partial charge in [-0.2, -0.15) is 0 Å². The number of hydrogen-bond acceptors (Lipinski definition) is 9. The summed E-state index contributed by atoms with van der Waals surface area (Å²) in [6.45, 7) is 6.99. The van der Waals surface area contributed by atoms with Gasteiger partial charge in [0.1, 0.15) is 12.2 Å². The fraction of sp³-hybridized carbons (Fsp3) is 0.571. The maximum absolute atomic E-state index is 13.4. The second-order valence-corrected chi connectivity index (χ2v) is 9.89. The predicted molar refractivity (Wildman–Crippen MR) is 142 cm³/mol. The summed E-state index contributed by atoms with van der Waals surface area (Å²) in [6, 6.07) is 2.58. The number of carbonyl (C=O) groups is 2. The van der Waals surface area contributed by atoms with Crippen LogP contribution in [-0.4, -0.2) is 115 Å². The van der Waals surface area contributed by atoms with Gasteiger partial charge in [0.15, 0.2) is 11.5 Å². The zero-order valence-corrected chi connectivity index (χ0v) is 22.4. The molecule has 0 radical (unpaired) electrons. The van der Waals surface area contributed by atoms with E-state index in [1.54, 1.807) is 29.2 Å². The minimum Gasteiger partial charge on any atom is -0.493 e. The van der Waals surface area contributed by atoms with Crippen LogP contribution >= 0.6 is 0 Å². The molecule has 39 heavy (non-hydrogen) atoms. The lowest BCUT2D eigenvalue weighted by Gasteiger charge is -2.41. The summed E-state index contributed by atoms with van der Waals surface area (Å²) < 4.78 is 17.2. The molecule has 4 rings (SSSR count). The number of carbonyl (C=O) groups excluding carboxylic acids is 2. The molecule has 2 amide bonds. The maximum Gasteiger partial charge on any atom is 0.247 e. The van der Waals surface area contributed by atoms with E-state index in [-0.39, 0.29) is 32.1 Å². The van der Waals surface area contributed by atoms with Crippen LogP contribution in [0.15, 0.2) is 36.4 Å². The first-order chi connectivity index (χ1) is 18.9. The Hall–Kier alpha value is -2.96. The number of benzene rings is 1. The average molecular weight is 546 g/mol. The SMILES string of the molecule is C=CCCC(=O)N(CCN1CCOCC1)C1C=C(C(=O)NCCO)C2c3cc(CO)cc(OC)c3OC2C1O. The Balaban J connectivity index is 1.72. The van der Waals surface area contributed by atoms with Gasteiger partial charge in [0.25, 0.3) is 0 Å². The zero-order valence-electron chi connectivity index (χ0n) is 22.4. The molecule has 3 aliphatic rings. The Kier molecular flexibility index (Phi) is 9.98. The number of rotatable bonds is 12. The van der Waals surface area contributed by atoms with Gasteiger partial charge in [-0.05, 0) is 30.2 Å². The van der Waals surface area contributed by atoms with Crippen molar-refractivity contribution in [3.8, 4) is 11.5 Å². The fourth-order valence-electron chi connectivity index (χ4n) is 5.50. The summed E-state index contributed by atoms with van der Waals surface area (Å²) in [7, 11) is 1.48. The van der Waals surface area contributed by atoms with Gasteiger partial charge in [0.2, 0.25) is 11.8 Å². The van der Waals surface area contributed by atoms with Crippen LogP contribution in [0.2, 0.25) is 0 Å². The normalized spacial score (nSPS) is 24.2. The Labute approximate surface area is 228 Å². The van der Waals surface area contributed by atoms with E-state index in [1.807, 2.05) is 0 Å². The standard InChI is InChI=1S/C28H39N3O8/c1-3-4-5-23(34)31(8-7-30-9-12-38-13-10-30)21-16-20(28(36)29-6-11-32)24-19-14-18(17-33)15-22(37-2)26(19)39-27(24)25(21)35/h3,14-16,21,24-25,27,32-33,35H,1,4-13,17H2,2H3,(H,29,36). The highest BCUT2D eigenvalue weighted by Crippen LogP contribution is 2.51. The summed E-state index contributed by atoms with van der Waals surface area (Å²) in [6.07, 6.45) is 2.02. The van der Waals surface area contributed by atoms with Crippen molar-refractivity contribution in [1.29, 1.82) is 0 Å². The number of amides is 2. The molecule has 1 fully saturated rings. The fourth-order valence-corrected chi connectivity index (χ4v) is 5.50. The van der Waals surface area contributed by atoms with Crippen molar-refractivity contribution >= 4 is 11.8 Å². The first kappa shape index (κ1) is 29.0. The molecule has 11 heteroatoms. The highest BCUT2D eigenvalue weighted by Gasteiger charge is 2.51. The number of nitrogens with zero attached hydrogens (tertiary/aromatic N) is 2. The lowest BCUT2D eigenvalue weighted by Crippen LogP contribution is -2.57. The number of morpholine rings is 1. The summed E-state index contributed by atoms with van der Waals surface area (Å²) in [5.41, 5.74) is 1.52. The van der Waals surface area contributed by atoms with Gasteiger partial charge in [-0.25, -0.2) is 0 Å². The predicted octanol–water partition coefficient (Wildman–Crippen LogP) is -0.0629. The second kappa shape index (κ2) is 13.4. The van der Waals surface area contributed by atoms with Crippen molar-refractivity contribution in [2.75, 3.05) is 59.7 Å². The van der Waals surface area contributed by atoms with Crippen LogP contribution < -0.4 is 14.8 Å². The Morgan fingerprint density at radius 1 is 1.28 bits per heavy atom. The molecule has 4 unspecified atom stereocenters. The van der Waals surface area contributed by atoms with Crippen molar-refractivity contribution in [3.05, 3.63) is 47.6 Å². The van der Waals surface area contributed by atoms with E-state index in [0.29, 0.717) is 60.9 Å². The van der Waals surface area contributed by atoms with E-state index in [2.05, 4.69) is 16.8 Å². The second-order valence-electron chi connectivity index (χ2n) is 9.89. The zero-order chi connectivity index (χ0) is 27.9. The number of allylic oxidation sites excluding steroid dienone is 1. The molecule has 11 nitrogen and oxygen atoms in total. The van der Waals surface area contributed by atoms with Gasteiger partial charge in [-0.3, -0.25) is 14.5 Å². The molecule has 0 bridgehead atoms. The lowest BCUT2D eigenvalue weighted by molar-refractivity contribution is -0.137. The van der Waals surface area contributed by atoms with Crippen LogP contribution in [0.1, 0.15) is 29.9 Å². The quantitative estimate of drug-likeness (QED) is 0.266. The molecule has 1 saturated heterocycles. The van der Waals surface area contributed by atoms with Gasteiger partial charge in [0, 0.05) is 50.3 Å². The highest BCUT2D eigenvalue weighted by molar-refractivity contribution is 5.96. The molecular formula is C28H39N3O8. The van der Waals surface area contributed by atoms with Crippen LogP contribution in [-0.2, 0) is 20.9 Å². The summed E-state index contributed by atoms with van der Waals surface area (Å²) in [5, 5.41) is 33.5. The number of hydrogen-bond donors (Lipinski definition) is 4. The third-order valence-electron chi connectivity index (χ3n) is 7.50. The van der Waals surface area contributed by atoms with Crippen molar-refractivity contribution < 1.29 is 39.1 Å². The number of aliphatic hydroxyl groups is 3. The molecule has 4 atom stereocenters. The van der Waals surface area contributed by atoms with Crippen LogP contribution in [0, 0.1) is 0 Å². The van der Waals surface area contributed by atoms with Crippen molar-refractivity contribution in [2.24, 2.45) is 0 Å². The third-order valence-corrected chi connectivity index (χ3v) is 7.50. The largest absolute Gasteiger partial charge is 0.493 e.